The highest BCUT2D eigenvalue weighted by Gasteiger charge is 1.96. The van der Waals surface area contributed by atoms with Gasteiger partial charge >= 0.3 is 5.97 Å². The number of carboxylic acids is 1. The average Bonchev–Trinajstić information content (AvgIpc) is 2.15. The van der Waals surface area contributed by atoms with Crippen LogP contribution in [0.25, 0.3) is 0 Å². The molecule has 5 heteroatoms. The van der Waals surface area contributed by atoms with Gasteiger partial charge in [0.1, 0.15) is 12.9 Å². The van der Waals surface area contributed by atoms with Crippen molar-refractivity contribution in [2.24, 2.45) is 0 Å². The number of hydrogen-bond acceptors (Lipinski definition) is 3. The summed E-state index contributed by atoms with van der Waals surface area (Å²) in [6.07, 6.45) is 3.64. The highest BCUT2D eigenvalue weighted by atomic mass is 16.4. The fourth-order valence-electron chi connectivity index (χ4n) is 0.419. The zero-order valence-electron chi connectivity index (χ0n) is 4.48. The number of nitrogens with zero attached hydrogens (tertiary/aromatic N) is 3. The smallest absolute Gasteiger partial charge is 0.323 e. The molecule has 0 aromatic carbocycles. The number of aromatic nitrogens is 3. The highest BCUT2D eigenvalue weighted by molar-refractivity contribution is 5.66. The Morgan fingerprint density at radius 3 is 3.11 bits per heavy atom. The van der Waals surface area contributed by atoms with Gasteiger partial charge in [-0.1, -0.05) is 0 Å². The van der Waals surface area contributed by atoms with Gasteiger partial charge < -0.3 is 5.11 Å². The highest BCUT2D eigenvalue weighted by Crippen LogP contribution is 1.78. The Labute approximate surface area is 50.9 Å². The standard InChI is InChI=1S/C4H4N3O2/c8-4(9)1-7-2-5-6-3-7/h2H,1H2,(H,8,9). The average molecular weight is 126 g/mol. The number of carbonyl (C=O) groups is 1. The van der Waals surface area contributed by atoms with Gasteiger partial charge in [0.2, 0.25) is 6.33 Å². The normalized spacial score (nSPS) is 9.33. The molecule has 0 aliphatic carbocycles. The third kappa shape index (κ3) is 1.52. The molecule has 0 atom stereocenters. The molecule has 1 aromatic heterocycles. The van der Waals surface area contributed by atoms with Crippen LogP contribution in [0.5, 0.6) is 0 Å². The van der Waals surface area contributed by atoms with E-state index in [1.165, 1.54) is 10.9 Å². The molecule has 0 fully saturated rings. The lowest BCUT2D eigenvalue weighted by Gasteiger charge is -1.89. The van der Waals surface area contributed by atoms with Crippen molar-refractivity contribution in [3.63, 3.8) is 0 Å². The molecule has 0 saturated heterocycles. The zero-order valence-corrected chi connectivity index (χ0v) is 4.48. The minimum absolute atomic E-state index is 0.132. The van der Waals surface area contributed by atoms with Gasteiger partial charge in [-0.15, -0.1) is 10.2 Å². The molecule has 1 aromatic rings. The fraction of sp³-hybridized carbons (Fsp3) is 0.250. The molecular weight excluding hydrogens is 122 g/mol. The predicted molar refractivity (Wildman–Crippen MR) is 26.5 cm³/mol. The minimum Gasteiger partial charge on any atom is -0.480 e. The van der Waals surface area contributed by atoms with E-state index in [1.807, 2.05) is 0 Å². The number of rotatable bonds is 2. The molecular formula is C4H4N3O2. The van der Waals surface area contributed by atoms with Crippen LogP contribution in [-0.2, 0) is 11.3 Å². The molecule has 0 unspecified atom stereocenters. The third-order valence-corrected chi connectivity index (χ3v) is 0.728. The SMILES string of the molecule is O=C(O)Cn1[c]nnc1. The van der Waals surface area contributed by atoms with Crippen LogP contribution in [-0.4, -0.2) is 25.8 Å². The second-order valence-electron chi connectivity index (χ2n) is 1.45. The second kappa shape index (κ2) is 2.25. The molecule has 1 radical (unpaired) electrons. The Kier molecular flexibility index (Phi) is 1.44. The maximum atomic E-state index is 9.97. The van der Waals surface area contributed by atoms with Gasteiger partial charge in [-0.25, -0.2) is 0 Å². The van der Waals surface area contributed by atoms with Crippen LogP contribution in [0.1, 0.15) is 0 Å². The Morgan fingerprint density at radius 2 is 2.67 bits per heavy atom. The van der Waals surface area contributed by atoms with E-state index in [4.69, 9.17) is 5.11 Å². The first-order valence-electron chi connectivity index (χ1n) is 2.26. The number of carboxylic acid groups (broad SMARTS) is 1. The molecule has 0 saturated carbocycles. The first-order valence-corrected chi connectivity index (χ1v) is 2.26. The monoisotopic (exact) mass is 126 g/mol. The van der Waals surface area contributed by atoms with Crippen molar-refractivity contribution in [3.05, 3.63) is 12.7 Å². The van der Waals surface area contributed by atoms with E-state index < -0.39 is 5.97 Å². The molecule has 5 nitrogen and oxygen atoms in total. The summed E-state index contributed by atoms with van der Waals surface area (Å²) in [5.41, 5.74) is 0. The summed E-state index contributed by atoms with van der Waals surface area (Å²) >= 11 is 0. The van der Waals surface area contributed by atoms with Gasteiger partial charge in [-0.05, 0) is 0 Å². The minimum atomic E-state index is -0.925. The van der Waals surface area contributed by atoms with Crippen LogP contribution in [0.3, 0.4) is 0 Å². The van der Waals surface area contributed by atoms with Crippen molar-refractivity contribution in [2.45, 2.75) is 6.54 Å². The van der Waals surface area contributed by atoms with E-state index in [9.17, 15) is 4.79 Å². The number of aliphatic carboxylic acids is 1. The van der Waals surface area contributed by atoms with E-state index in [1.54, 1.807) is 0 Å². The van der Waals surface area contributed by atoms with E-state index in [-0.39, 0.29) is 6.54 Å². The van der Waals surface area contributed by atoms with Crippen molar-refractivity contribution in [2.75, 3.05) is 0 Å². The van der Waals surface area contributed by atoms with Crippen molar-refractivity contribution >= 4 is 5.97 Å². The summed E-state index contributed by atoms with van der Waals surface area (Å²) in [7, 11) is 0. The van der Waals surface area contributed by atoms with E-state index in [0.29, 0.717) is 0 Å². The van der Waals surface area contributed by atoms with Crippen molar-refractivity contribution in [1.29, 1.82) is 0 Å². The Hall–Kier alpha value is -1.39. The van der Waals surface area contributed by atoms with Gasteiger partial charge in [-0.2, -0.15) is 0 Å². The molecule has 1 heterocycles. The van der Waals surface area contributed by atoms with E-state index in [2.05, 4.69) is 16.5 Å². The summed E-state index contributed by atoms with van der Waals surface area (Å²) < 4.78 is 1.25. The van der Waals surface area contributed by atoms with Crippen LogP contribution < -0.4 is 0 Å². The molecule has 0 amide bonds. The van der Waals surface area contributed by atoms with Crippen LogP contribution in [0.2, 0.25) is 0 Å². The lowest BCUT2D eigenvalue weighted by molar-refractivity contribution is -0.137. The maximum absolute atomic E-state index is 9.97. The molecule has 0 bridgehead atoms. The Bertz CT molecular complexity index is 194. The maximum Gasteiger partial charge on any atom is 0.323 e. The third-order valence-electron chi connectivity index (χ3n) is 0.728. The van der Waals surface area contributed by atoms with Gasteiger partial charge in [0.05, 0.1) is 0 Å². The Balaban J connectivity index is 2.58. The van der Waals surface area contributed by atoms with Crippen molar-refractivity contribution in [1.82, 2.24) is 14.8 Å². The van der Waals surface area contributed by atoms with Gasteiger partial charge in [-0.3, -0.25) is 9.36 Å². The first kappa shape index (κ1) is 5.74. The largest absolute Gasteiger partial charge is 0.480 e. The molecule has 47 valence electrons. The number of hydrogen-bond donors (Lipinski definition) is 1. The Morgan fingerprint density at radius 1 is 1.89 bits per heavy atom. The summed E-state index contributed by atoms with van der Waals surface area (Å²) in [5, 5.41) is 14.9. The molecule has 0 aliphatic rings. The van der Waals surface area contributed by atoms with Crippen LogP contribution in [0.15, 0.2) is 6.33 Å². The molecule has 1 rings (SSSR count). The predicted octanol–water partition coefficient (Wildman–Crippen LogP) is -0.837. The van der Waals surface area contributed by atoms with Crippen molar-refractivity contribution < 1.29 is 9.90 Å². The summed E-state index contributed by atoms with van der Waals surface area (Å²) in [5.74, 6) is -0.925. The lowest BCUT2D eigenvalue weighted by Crippen LogP contribution is -2.06. The van der Waals surface area contributed by atoms with Crippen LogP contribution in [0, 0.1) is 6.33 Å². The fourth-order valence-corrected chi connectivity index (χ4v) is 0.419. The quantitative estimate of drug-likeness (QED) is 0.561. The molecule has 0 aliphatic heterocycles. The topological polar surface area (TPSA) is 68.0 Å². The summed E-state index contributed by atoms with van der Waals surface area (Å²) in [6.45, 7) is -0.132. The lowest BCUT2D eigenvalue weighted by atomic mass is 10.6. The second-order valence-corrected chi connectivity index (χ2v) is 1.45. The van der Waals surface area contributed by atoms with Crippen molar-refractivity contribution in [3.8, 4) is 0 Å². The van der Waals surface area contributed by atoms with Crippen LogP contribution in [0.4, 0.5) is 0 Å². The molecule has 1 N–H and O–H groups in total. The molecule has 0 spiro atoms. The summed E-state index contributed by atoms with van der Waals surface area (Å²) in [4.78, 5) is 9.97. The van der Waals surface area contributed by atoms with Gasteiger partial charge in [0, 0.05) is 0 Å². The zero-order chi connectivity index (χ0) is 6.69. The van der Waals surface area contributed by atoms with E-state index >= 15 is 0 Å². The van der Waals surface area contributed by atoms with Crippen LogP contribution >= 0.6 is 0 Å². The van der Waals surface area contributed by atoms with Gasteiger partial charge in [0.15, 0.2) is 0 Å². The van der Waals surface area contributed by atoms with Gasteiger partial charge in [0.25, 0.3) is 0 Å². The molecule has 9 heavy (non-hydrogen) atoms. The van der Waals surface area contributed by atoms with E-state index in [0.717, 1.165) is 0 Å². The first-order chi connectivity index (χ1) is 4.29. The summed E-state index contributed by atoms with van der Waals surface area (Å²) in [6, 6.07) is 0.